The Balaban J connectivity index is 1.97. The van der Waals surface area contributed by atoms with Gasteiger partial charge in [-0.3, -0.25) is 14.9 Å². The molecule has 0 aliphatic carbocycles. The molecular formula is C14H18N4O3. The van der Waals surface area contributed by atoms with E-state index in [9.17, 15) is 14.4 Å². The zero-order valence-corrected chi connectivity index (χ0v) is 11.8. The summed E-state index contributed by atoms with van der Waals surface area (Å²) in [5.41, 5.74) is 6.46. The fourth-order valence-electron chi connectivity index (χ4n) is 2.20. The van der Waals surface area contributed by atoms with E-state index in [1.165, 1.54) is 0 Å². The maximum absolute atomic E-state index is 11.6. The lowest BCUT2D eigenvalue weighted by atomic mass is 10.2. The lowest BCUT2D eigenvalue weighted by Gasteiger charge is -2.17. The smallest absolute Gasteiger partial charge is 0.318 e. The molecule has 0 saturated carbocycles. The van der Waals surface area contributed by atoms with Crippen LogP contribution in [0, 0.1) is 0 Å². The molecule has 0 spiro atoms. The molecule has 1 heterocycles. The number of imide groups is 1. The average Bonchev–Trinajstić information content (AvgIpc) is 2.85. The molecule has 0 aromatic heterocycles. The maximum atomic E-state index is 11.6. The van der Waals surface area contributed by atoms with E-state index in [0.29, 0.717) is 6.42 Å². The normalized spacial score (nSPS) is 15.7. The predicted molar refractivity (Wildman–Crippen MR) is 78.8 cm³/mol. The van der Waals surface area contributed by atoms with Gasteiger partial charge >= 0.3 is 6.03 Å². The van der Waals surface area contributed by atoms with Crippen LogP contribution in [-0.4, -0.2) is 30.4 Å². The Kier molecular flexibility index (Phi) is 4.42. The summed E-state index contributed by atoms with van der Waals surface area (Å²) in [6.07, 6.45) is 1.47. The van der Waals surface area contributed by atoms with Gasteiger partial charge in [0.2, 0.25) is 11.8 Å². The molecule has 1 aliphatic heterocycles. The first kappa shape index (κ1) is 14.8. The first-order valence-electron chi connectivity index (χ1n) is 6.74. The SMILES string of the molecule is CC(Nc1ccc(N2CCCC2=O)cc1)C(=O)NC(N)=O. The van der Waals surface area contributed by atoms with Crippen LogP contribution in [0.3, 0.4) is 0 Å². The van der Waals surface area contributed by atoms with Crippen molar-refractivity contribution in [2.24, 2.45) is 5.73 Å². The number of hydrogen-bond donors (Lipinski definition) is 3. The fourth-order valence-corrected chi connectivity index (χ4v) is 2.20. The van der Waals surface area contributed by atoms with Crippen LogP contribution in [0.2, 0.25) is 0 Å². The fraction of sp³-hybridized carbons (Fsp3) is 0.357. The highest BCUT2D eigenvalue weighted by Gasteiger charge is 2.21. The van der Waals surface area contributed by atoms with Gasteiger partial charge in [-0.2, -0.15) is 0 Å². The zero-order chi connectivity index (χ0) is 15.4. The van der Waals surface area contributed by atoms with Crippen LogP contribution in [0.25, 0.3) is 0 Å². The molecule has 1 aromatic rings. The Morgan fingerprint density at radius 3 is 2.48 bits per heavy atom. The van der Waals surface area contributed by atoms with Crippen molar-refractivity contribution in [2.45, 2.75) is 25.8 Å². The molecule has 1 saturated heterocycles. The van der Waals surface area contributed by atoms with Crippen LogP contribution in [0.4, 0.5) is 16.2 Å². The van der Waals surface area contributed by atoms with Gasteiger partial charge in [0.15, 0.2) is 0 Å². The molecule has 0 bridgehead atoms. The van der Waals surface area contributed by atoms with Crippen molar-refractivity contribution in [3.05, 3.63) is 24.3 Å². The summed E-state index contributed by atoms with van der Waals surface area (Å²) in [6, 6.07) is 5.74. The van der Waals surface area contributed by atoms with Crippen LogP contribution >= 0.6 is 0 Å². The van der Waals surface area contributed by atoms with E-state index in [2.05, 4.69) is 5.32 Å². The summed E-state index contributed by atoms with van der Waals surface area (Å²) < 4.78 is 0. The van der Waals surface area contributed by atoms with Gasteiger partial charge in [-0.1, -0.05) is 0 Å². The van der Waals surface area contributed by atoms with E-state index in [0.717, 1.165) is 24.3 Å². The maximum Gasteiger partial charge on any atom is 0.318 e. The molecule has 7 heteroatoms. The first-order chi connectivity index (χ1) is 9.97. The molecule has 21 heavy (non-hydrogen) atoms. The lowest BCUT2D eigenvalue weighted by Crippen LogP contribution is -2.43. The molecule has 4 N–H and O–H groups in total. The molecule has 1 atom stereocenters. The van der Waals surface area contributed by atoms with Gasteiger partial charge in [0.25, 0.3) is 0 Å². The lowest BCUT2D eigenvalue weighted by molar-refractivity contribution is -0.120. The molecule has 0 radical (unpaired) electrons. The molecular weight excluding hydrogens is 272 g/mol. The molecule has 7 nitrogen and oxygen atoms in total. The Morgan fingerprint density at radius 1 is 1.29 bits per heavy atom. The summed E-state index contributed by atoms with van der Waals surface area (Å²) in [6.45, 7) is 2.36. The van der Waals surface area contributed by atoms with E-state index in [4.69, 9.17) is 5.73 Å². The number of amides is 4. The van der Waals surface area contributed by atoms with Crippen molar-refractivity contribution >= 4 is 29.2 Å². The highest BCUT2D eigenvalue weighted by molar-refractivity contribution is 5.97. The summed E-state index contributed by atoms with van der Waals surface area (Å²) in [5.74, 6) is -0.369. The minimum Gasteiger partial charge on any atom is -0.374 e. The van der Waals surface area contributed by atoms with Crippen LogP contribution in [0.5, 0.6) is 0 Å². The van der Waals surface area contributed by atoms with E-state index >= 15 is 0 Å². The number of nitrogens with zero attached hydrogens (tertiary/aromatic N) is 1. The number of carbonyl (C=O) groups is 3. The van der Waals surface area contributed by atoms with Crippen LogP contribution in [-0.2, 0) is 9.59 Å². The van der Waals surface area contributed by atoms with Crippen LogP contribution < -0.4 is 21.3 Å². The van der Waals surface area contributed by atoms with Crippen molar-refractivity contribution in [3.8, 4) is 0 Å². The van der Waals surface area contributed by atoms with Crippen LogP contribution in [0.1, 0.15) is 19.8 Å². The Morgan fingerprint density at radius 2 is 1.95 bits per heavy atom. The summed E-state index contributed by atoms with van der Waals surface area (Å²) in [7, 11) is 0. The van der Waals surface area contributed by atoms with Crippen molar-refractivity contribution in [1.82, 2.24) is 5.32 Å². The Hall–Kier alpha value is -2.57. The number of carbonyl (C=O) groups excluding carboxylic acids is 3. The minimum absolute atomic E-state index is 0.130. The number of urea groups is 1. The minimum atomic E-state index is -0.878. The van der Waals surface area contributed by atoms with Crippen LogP contribution in [0.15, 0.2) is 24.3 Å². The molecule has 1 aliphatic rings. The number of nitrogens with one attached hydrogen (secondary N) is 2. The van der Waals surface area contributed by atoms with Gasteiger partial charge in [-0.15, -0.1) is 0 Å². The van der Waals surface area contributed by atoms with Crippen molar-refractivity contribution in [2.75, 3.05) is 16.8 Å². The molecule has 1 aromatic carbocycles. The molecule has 2 rings (SSSR count). The van der Waals surface area contributed by atoms with Crippen molar-refractivity contribution in [3.63, 3.8) is 0 Å². The summed E-state index contributed by atoms with van der Waals surface area (Å²) >= 11 is 0. The van der Waals surface area contributed by atoms with Gasteiger partial charge in [0.1, 0.15) is 6.04 Å². The van der Waals surface area contributed by atoms with Gasteiger partial charge in [-0.25, -0.2) is 4.79 Å². The highest BCUT2D eigenvalue weighted by atomic mass is 16.2. The molecule has 1 unspecified atom stereocenters. The van der Waals surface area contributed by atoms with E-state index in [1.54, 1.807) is 24.0 Å². The second kappa shape index (κ2) is 6.25. The Labute approximate surface area is 122 Å². The Bertz CT molecular complexity index is 556. The van der Waals surface area contributed by atoms with E-state index in [-0.39, 0.29) is 5.91 Å². The quantitative estimate of drug-likeness (QED) is 0.763. The van der Waals surface area contributed by atoms with Gasteiger partial charge in [0, 0.05) is 24.3 Å². The van der Waals surface area contributed by atoms with Crippen molar-refractivity contribution < 1.29 is 14.4 Å². The monoisotopic (exact) mass is 290 g/mol. The van der Waals surface area contributed by atoms with E-state index < -0.39 is 18.0 Å². The summed E-state index contributed by atoms with van der Waals surface area (Å²) in [4.78, 5) is 35.5. The third kappa shape index (κ3) is 3.71. The average molecular weight is 290 g/mol. The number of nitrogens with two attached hydrogens (primary N) is 1. The first-order valence-corrected chi connectivity index (χ1v) is 6.74. The summed E-state index contributed by atoms with van der Waals surface area (Å²) in [5, 5.41) is 4.96. The predicted octanol–water partition coefficient (Wildman–Crippen LogP) is 0.809. The second-order valence-electron chi connectivity index (χ2n) is 4.92. The number of rotatable bonds is 4. The number of hydrogen-bond acceptors (Lipinski definition) is 4. The largest absolute Gasteiger partial charge is 0.374 e. The number of benzene rings is 1. The number of primary amides is 1. The molecule has 112 valence electrons. The highest BCUT2D eigenvalue weighted by Crippen LogP contribution is 2.23. The topological polar surface area (TPSA) is 105 Å². The second-order valence-corrected chi connectivity index (χ2v) is 4.92. The molecule has 4 amide bonds. The standard InChI is InChI=1S/C14H18N4O3/c1-9(13(20)17-14(15)21)16-10-4-6-11(7-5-10)18-8-2-3-12(18)19/h4-7,9,16H,2-3,8H2,1H3,(H3,15,17,20,21). The van der Waals surface area contributed by atoms with Gasteiger partial charge in [0.05, 0.1) is 0 Å². The molecule has 1 fully saturated rings. The van der Waals surface area contributed by atoms with E-state index in [1.807, 2.05) is 17.4 Å². The number of anilines is 2. The third-order valence-electron chi connectivity index (χ3n) is 3.28. The van der Waals surface area contributed by atoms with Crippen molar-refractivity contribution in [1.29, 1.82) is 0 Å². The third-order valence-corrected chi connectivity index (χ3v) is 3.28. The zero-order valence-electron chi connectivity index (χ0n) is 11.8. The van der Waals surface area contributed by atoms with Gasteiger partial charge in [-0.05, 0) is 37.6 Å². The van der Waals surface area contributed by atoms with Gasteiger partial charge < -0.3 is 16.0 Å².